The lowest BCUT2D eigenvalue weighted by Crippen LogP contribution is -2.09. The van der Waals surface area contributed by atoms with Crippen LogP contribution in [-0.4, -0.2) is 27.9 Å². The van der Waals surface area contributed by atoms with E-state index in [2.05, 4.69) is 5.32 Å². The second kappa shape index (κ2) is 13.4. The minimum Gasteiger partial charge on any atom is -0.481 e. The molecule has 0 heterocycles. The summed E-state index contributed by atoms with van der Waals surface area (Å²) < 4.78 is 0. The quantitative estimate of drug-likeness (QED) is 0.197. The van der Waals surface area contributed by atoms with Gasteiger partial charge in [-0.25, -0.2) is 0 Å². The maximum absolute atomic E-state index is 12.2. The molecule has 1 atom stereocenters. The number of benzene rings is 4. The van der Waals surface area contributed by atoms with Gasteiger partial charge in [0.05, 0.1) is 28.1 Å². The molecule has 0 bridgehead atoms. The third-order valence-corrected chi connectivity index (χ3v) is 6.27. The van der Waals surface area contributed by atoms with Gasteiger partial charge in [0, 0.05) is 16.8 Å². The highest BCUT2D eigenvalue weighted by atomic mass is 35.5. The number of carboxylic acid groups (broad SMARTS) is 2. The number of halogens is 2. The van der Waals surface area contributed by atoms with Crippen molar-refractivity contribution in [3.8, 4) is 0 Å². The maximum atomic E-state index is 12.2. The van der Waals surface area contributed by atoms with Crippen LogP contribution in [0.5, 0.6) is 0 Å². The first-order valence-electron chi connectivity index (χ1n) is 11.6. The van der Waals surface area contributed by atoms with E-state index >= 15 is 0 Å². The lowest BCUT2D eigenvalue weighted by molar-refractivity contribution is -0.138. The summed E-state index contributed by atoms with van der Waals surface area (Å²) in [6, 6.07) is 28.1. The lowest BCUT2D eigenvalue weighted by Gasteiger charge is -2.13. The van der Waals surface area contributed by atoms with Crippen LogP contribution in [-0.2, 0) is 16.0 Å². The van der Waals surface area contributed by atoms with Crippen LogP contribution in [0.4, 0.5) is 11.4 Å². The van der Waals surface area contributed by atoms with Crippen molar-refractivity contribution in [2.24, 2.45) is 0 Å². The predicted octanol–water partition coefficient (Wildman–Crippen LogP) is 7.47. The number of carboxylic acids is 2. The second-order valence-corrected chi connectivity index (χ2v) is 9.14. The molecule has 0 radical (unpaired) electrons. The Morgan fingerprint density at radius 2 is 1.34 bits per heavy atom. The molecule has 0 saturated carbocycles. The molecule has 4 rings (SSSR count). The maximum Gasteiger partial charge on any atom is 0.310 e. The summed E-state index contributed by atoms with van der Waals surface area (Å²) in [6.07, 6.45) is -0.0642. The lowest BCUT2D eigenvalue weighted by atomic mass is 9.96. The van der Waals surface area contributed by atoms with Crippen LogP contribution in [0.25, 0.3) is 0 Å². The van der Waals surface area contributed by atoms with Crippen molar-refractivity contribution in [3.63, 3.8) is 0 Å². The highest BCUT2D eigenvalue weighted by Gasteiger charge is 2.16. The normalized spacial score (nSPS) is 11.0. The van der Waals surface area contributed by atoms with Crippen LogP contribution in [0.3, 0.4) is 0 Å². The third-order valence-electron chi connectivity index (χ3n) is 5.64. The minimum absolute atomic E-state index is 0.0642. The Hall–Kier alpha value is -4.13. The fourth-order valence-corrected chi connectivity index (χ4v) is 4.05. The number of carbonyl (C=O) groups excluding carboxylic acids is 1. The summed E-state index contributed by atoms with van der Waals surface area (Å²) in [6.45, 7) is 1.61. The van der Waals surface area contributed by atoms with Gasteiger partial charge in [0.15, 0.2) is 5.78 Å². The van der Waals surface area contributed by atoms with E-state index in [4.69, 9.17) is 33.4 Å². The van der Waals surface area contributed by atoms with Crippen LogP contribution < -0.4 is 5.32 Å². The summed E-state index contributed by atoms with van der Waals surface area (Å²) in [4.78, 5) is 34.0. The SMILES string of the molecule is CC(C(=O)O)c1cccc(C(=O)c2ccccc2)c1.O=C(O)Cc1ccccc1Nc1c(Cl)cccc1Cl. The van der Waals surface area contributed by atoms with Gasteiger partial charge in [-0.3, -0.25) is 14.4 Å². The third kappa shape index (κ3) is 7.68. The average Bonchev–Trinajstić information content (AvgIpc) is 2.91. The van der Waals surface area contributed by atoms with Gasteiger partial charge < -0.3 is 15.5 Å². The number of rotatable bonds is 8. The number of para-hydroxylation sites is 2. The molecule has 6 nitrogen and oxygen atoms in total. The molecule has 4 aromatic carbocycles. The average molecular weight is 550 g/mol. The zero-order valence-electron chi connectivity index (χ0n) is 20.4. The topological polar surface area (TPSA) is 104 Å². The Morgan fingerprint density at radius 3 is 1.97 bits per heavy atom. The minimum atomic E-state index is -0.899. The van der Waals surface area contributed by atoms with Crippen LogP contribution in [0.15, 0.2) is 97.1 Å². The number of anilines is 2. The summed E-state index contributed by atoms with van der Waals surface area (Å²) >= 11 is 12.1. The molecule has 4 aromatic rings. The van der Waals surface area contributed by atoms with E-state index in [9.17, 15) is 14.4 Å². The van der Waals surface area contributed by atoms with Crippen LogP contribution in [0, 0.1) is 0 Å². The summed E-state index contributed by atoms with van der Waals surface area (Å²) in [5, 5.41) is 21.9. The highest BCUT2D eigenvalue weighted by molar-refractivity contribution is 6.39. The molecule has 0 fully saturated rings. The van der Waals surface area contributed by atoms with E-state index in [1.165, 1.54) is 0 Å². The number of carbonyl (C=O) groups is 3. The summed E-state index contributed by atoms with van der Waals surface area (Å²) in [5.41, 5.74) is 3.67. The number of hydrogen-bond donors (Lipinski definition) is 3. The Kier molecular flexibility index (Phi) is 10.0. The molecule has 38 heavy (non-hydrogen) atoms. The van der Waals surface area contributed by atoms with E-state index in [1.807, 2.05) is 12.1 Å². The van der Waals surface area contributed by atoms with Gasteiger partial charge in [0.1, 0.15) is 0 Å². The Morgan fingerprint density at radius 1 is 0.763 bits per heavy atom. The van der Waals surface area contributed by atoms with Crippen molar-refractivity contribution in [1.29, 1.82) is 0 Å². The van der Waals surface area contributed by atoms with Gasteiger partial charge in [0.2, 0.25) is 0 Å². The van der Waals surface area contributed by atoms with Crippen LogP contribution in [0.1, 0.15) is 39.9 Å². The number of ketones is 1. The molecular weight excluding hydrogens is 525 g/mol. The molecule has 0 aliphatic carbocycles. The summed E-state index contributed by atoms with van der Waals surface area (Å²) in [7, 11) is 0. The van der Waals surface area contributed by atoms with E-state index in [0.717, 1.165) is 0 Å². The molecule has 0 spiro atoms. The molecule has 194 valence electrons. The van der Waals surface area contributed by atoms with Gasteiger partial charge in [0.25, 0.3) is 0 Å². The van der Waals surface area contributed by atoms with E-state index < -0.39 is 17.9 Å². The van der Waals surface area contributed by atoms with E-state index in [0.29, 0.717) is 43.7 Å². The molecule has 8 heteroatoms. The standard InChI is InChI=1S/C16H14O3.C14H11Cl2NO2/c1-11(16(18)19)13-8-5-9-14(10-13)15(17)12-6-3-2-4-7-12;15-10-5-3-6-11(16)14(10)17-12-7-2-1-4-9(12)8-13(18)19/h2-11H,1H3,(H,18,19);1-7,17H,8H2,(H,18,19). The molecule has 0 aromatic heterocycles. The first-order valence-corrected chi connectivity index (χ1v) is 12.4. The first-order chi connectivity index (χ1) is 18.2. The van der Waals surface area contributed by atoms with Gasteiger partial charge in [-0.15, -0.1) is 0 Å². The monoisotopic (exact) mass is 549 g/mol. The second-order valence-electron chi connectivity index (χ2n) is 8.33. The van der Waals surface area contributed by atoms with Crippen molar-refractivity contribution in [3.05, 3.63) is 129 Å². The van der Waals surface area contributed by atoms with E-state index in [1.54, 1.807) is 91.9 Å². The Labute approximate surface area is 230 Å². The van der Waals surface area contributed by atoms with Crippen molar-refractivity contribution in [1.82, 2.24) is 0 Å². The Balaban J connectivity index is 0.000000211. The van der Waals surface area contributed by atoms with Crippen molar-refractivity contribution in [2.75, 3.05) is 5.32 Å². The number of hydrogen-bond acceptors (Lipinski definition) is 4. The predicted molar refractivity (Wildman–Crippen MR) is 150 cm³/mol. The van der Waals surface area contributed by atoms with Crippen molar-refractivity contribution in [2.45, 2.75) is 19.3 Å². The fourth-order valence-electron chi connectivity index (χ4n) is 3.56. The van der Waals surface area contributed by atoms with Crippen molar-refractivity contribution < 1.29 is 24.6 Å². The molecule has 0 amide bonds. The highest BCUT2D eigenvalue weighted by Crippen LogP contribution is 2.33. The smallest absolute Gasteiger partial charge is 0.310 e. The van der Waals surface area contributed by atoms with Gasteiger partial charge >= 0.3 is 11.9 Å². The molecule has 0 aliphatic heterocycles. The molecular formula is C30H25Cl2NO5. The summed E-state index contributed by atoms with van der Waals surface area (Å²) in [5.74, 6) is -2.51. The van der Waals surface area contributed by atoms with Crippen LogP contribution in [0.2, 0.25) is 10.0 Å². The zero-order valence-corrected chi connectivity index (χ0v) is 21.9. The van der Waals surface area contributed by atoms with Gasteiger partial charge in [-0.05, 0) is 42.3 Å². The molecule has 0 saturated heterocycles. The Bertz CT molecular complexity index is 1420. The molecule has 1 unspecified atom stereocenters. The molecule has 3 N–H and O–H groups in total. The largest absolute Gasteiger partial charge is 0.481 e. The number of nitrogens with one attached hydrogen (secondary N) is 1. The first kappa shape index (κ1) is 28.4. The molecule has 0 aliphatic rings. The number of aliphatic carboxylic acids is 2. The van der Waals surface area contributed by atoms with Crippen LogP contribution >= 0.6 is 23.2 Å². The fraction of sp³-hybridized carbons (Fsp3) is 0.100. The zero-order chi connectivity index (χ0) is 27.7. The van der Waals surface area contributed by atoms with Gasteiger partial charge in [-0.1, -0.05) is 96.0 Å². The van der Waals surface area contributed by atoms with E-state index in [-0.39, 0.29) is 12.2 Å². The van der Waals surface area contributed by atoms with Gasteiger partial charge in [-0.2, -0.15) is 0 Å². The van der Waals surface area contributed by atoms with Crippen molar-refractivity contribution >= 4 is 52.3 Å².